The molecule has 21 heavy (non-hydrogen) atoms. The fraction of sp³-hybridized carbons (Fsp3) is 0.357. The van der Waals surface area contributed by atoms with Crippen LogP contribution in [0.2, 0.25) is 0 Å². The molecule has 2 amide bonds. The van der Waals surface area contributed by atoms with Gasteiger partial charge in [0, 0.05) is 6.54 Å². The molecule has 0 saturated heterocycles. The van der Waals surface area contributed by atoms with Gasteiger partial charge in [-0.3, -0.25) is 0 Å². The van der Waals surface area contributed by atoms with E-state index in [0.717, 1.165) is 5.56 Å². The van der Waals surface area contributed by atoms with E-state index in [1.165, 1.54) is 0 Å². The minimum absolute atomic E-state index is 0.237. The lowest BCUT2D eigenvalue weighted by molar-refractivity contribution is 0.0526. The molecule has 0 aromatic heterocycles. The number of nitrogens with one attached hydrogen (secondary N) is 1. The van der Waals surface area contributed by atoms with Crippen molar-refractivity contribution in [1.29, 1.82) is 0 Å². The maximum atomic E-state index is 11.5. The van der Waals surface area contributed by atoms with Crippen LogP contribution >= 0.6 is 0 Å². The van der Waals surface area contributed by atoms with Crippen molar-refractivity contribution in [2.45, 2.75) is 19.8 Å². The van der Waals surface area contributed by atoms with Crippen molar-refractivity contribution in [3.8, 4) is 0 Å². The van der Waals surface area contributed by atoms with Gasteiger partial charge in [0.05, 0.1) is 17.9 Å². The van der Waals surface area contributed by atoms with Crippen LogP contribution in [0.1, 0.15) is 29.3 Å². The Labute approximate surface area is 123 Å². The molecule has 0 heterocycles. The predicted molar refractivity (Wildman–Crippen MR) is 79.9 cm³/mol. The highest BCUT2D eigenvalue weighted by Crippen LogP contribution is 2.08. The average molecular weight is 292 g/mol. The van der Waals surface area contributed by atoms with E-state index < -0.39 is 6.03 Å². The number of carbonyl (C=O) groups excluding carboxylic acids is 2. The van der Waals surface area contributed by atoms with E-state index in [1.807, 2.05) is 12.1 Å². The summed E-state index contributed by atoms with van der Waals surface area (Å²) in [6.45, 7) is 2.35. The molecule has 0 fully saturated rings. The Balaban J connectivity index is 2.57. The van der Waals surface area contributed by atoms with E-state index in [4.69, 9.17) is 16.2 Å². The summed E-state index contributed by atoms with van der Waals surface area (Å²) in [5, 5.41) is 3.82. The molecule has 1 aromatic carbocycles. The van der Waals surface area contributed by atoms with Crippen molar-refractivity contribution in [2.24, 2.45) is 16.6 Å². The Bertz CT molecular complexity index is 511. The second kappa shape index (κ2) is 8.70. The first-order chi connectivity index (χ1) is 10.1. The van der Waals surface area contributed by atoms with Crippen LogP contribution in [0.3, 0.4) is 0 Å². The summed E-state index contributed by atoms with van der Waals surface area (Å²) in [7, 11) is 0. The number of hydrogen-bond acceptors (Lipinski definition) is 5. The molecule has 0 aliphatic carbocycles. The fourth-order valence-corrected chi connectivity index (χ4v) is 1.65. The molecule has 0 saturated carbocycles. The van der Waals surface area contributed by atoms with Gasteiger partial charge in [-0.05, 0) is 37.5 Å². The maximum absolute atomic E-state index is 11.5. The van der Waals surface area contributed by atoms with Crippen LogP contribution in [-0.2, 0) is 11.2 Å². The van der Waals surface area contributed by atoms with Gasteiger partial charge in [0.25, 0.3) is 0 Å². The molecule has 7 nitrogen and oxygen atoms in total. The minimum Gasteiger partial charge on any atom is -0.462 e. The molecule has 0 radical (unpaired) electrons. The number of aryl methyl sites for hydroxylation is 1. The number of carbonyl (C=O) groups is 2. The number of amides is 2. The van der Waals surface area contributed by atoms with Crippen LogP contribution in [0, 0.1) is 0 Å². The first-order valence-electron chi connectivity index (χ1n) is 6.63. The smallest absolute Gasteiger partial charge is 0.338 e. The van der Waals surface area contributed by atoms with Crippen molar-refractivity contribution in [1.82, 2.24) is 5.43 Å². The molecular formula is C14H20N4O3. The van der Waals surface area contributed by atoms with E-state index in [2.05, 4.69) is 10.5 Å². The Hall–Kier alpha value is -2.41. The molecule has 114 valence electrons. The lowest BCUT2D eigenvalue weighted by Crippen LogP contribution is -2.27. The predicted octanol–water partition coefficient (Wildman–Crippen LogP) is 0.779. The lowest BCUT2D eigenvalue weighted by atomic mass is 10.1. The van der Waals surface area contributed by atoms with E-state index in [9.17, 15) is 9.59 Å². The van der Waals surface area contributed by atoms with Crippen LogP contribution in [-0.4, -0.2) is 30.9 Å². The van der Waals surface area contributed by atoms with Crippen molar-refractivity contribution in [3.05, 3.63) is 35.4 Å². The lowest BCUT2D eigenvalue weighted by Gasteiger charge is -2.06. The Morgan fingerprint density at radius 3 is 2.48 bits per heavy atom. The van der Waals surface area contributed by atoms with E-state index in [1.54, 1.807) is 19.1 Å². The van der Waals surface area contributed by atoms with E-state index >= 15 is 0 Å². The highest BCUT2D eigenvalue weighted by Gasteiger charge is 2.06. The number of esters is 1. The summed E-state index contributed by atoms with van der Waals surface area (Å²) in [4.78, 5) is 22.1. The number of hydrogen-bond donors (Lipinski definition) is 3. The molecule has 1 rings (SSSR count). The third kappa shape index (κ3) is 6.05. The number of nitrogens with two attached hydrogens (primary N) is 2. The Morgan fingerprint density at radius 1 is 1.29 bits per heavy atom. The van der Waals surface area contributed by atoms with Gasteiger partial charge in [-0.2, -0.15) is 5.10 Å². The molecule has 7 heteroatoms. The largest absolute Gasteiger partial charge is 0.462 e. The molecule has 0 aliphatic heterocycles. The maximum Gasteiger partial charge on any atom is 0.338 e. The molecule has 1 aromatic rings. The summed E-state index contributed by atoms with van der Waals surface area (Å²) in [5.41, 5.74) is 14.8. The van der Waals surface area contributed by atoms with Gasteiger partial charge in [-0.1, -0.05) is 12.1 Å². The Kier molecular flexibility index (Phi) is 6.90. The zero-order chi connectivity index (χ0) is 15.7. The van der Waals surface area contributed by atoms with Crippen molar-refractivity contribution < 1.29 is 14.3 Å². The molecule has 0 aliphatic rings. The van der Waals surface area contributed by atoms with Crippen LogP contribution in [0.15, 0.2) is 29.4 Å². The number of nitrogens with zero attached hydrogens (tertiary/aromatic N) is 1. The average Bonchev–Trinajstić information content (AvgIpc) is 2.48. The van der Waals surface area contributed by atoms with Crippen LogP contribution in [0.4, 0.5) is 4.79 Å². The second-order valence-electron chi connectivity index (χ2n) is 4.28. The van der Waals surface area contributed by atoms with Gasteiger partial charge in [0.2, 0.25) is 0 Å². The number of ether oxygens (including phenoxy) is 1. The van der Waals surface area contributed by atoms with Crippen LogP contribution in [0.5, 0.6) is 0 Å². The molecule has 0 bridgehead atoms. The molecular weight excluding hydrogens is 272 g/mol. The van der Waals surface area contributed by atoms with Crippen molar-refractivity contribution in [3.63, 3.8) is 0 Å². The first kappa shape index (κ1) is 16.6. The highest BCUT2D eigenvalue weighted by atomic mass is 16.5. The zero-order valence-corrected chi connectivity index (χ0v) is 12.0. The number of benzene rings is 1. The summed E-state index contributed by atoms with van der Waals surface area (Å²) in [6, 6.07) is 6.41. The van der Waals surface area contributed by atoms with Gasteiger partial charge in [-0.25, -0.2) is 15.0 Å². The van der Waals surface area contributed by atoms with Gasteiger partial charge < -0.3 is 16.2 Å². The topological polar surface area (TPSA) is 120 Å². The van der Waals surface area contributed by atoms with Gasteiger partial charge in [-0.15, -0.1) is 0 Å². The Morgan fingerprint density at radius 2 is 1.95 bits per heavy atom. The zero-order valence-electron chi connectivity index (χ0n) is 12.0. The minimum atomic E-state index is -0.722. The van der Waals surface area contributed by atoms with E-state index in [-0.39, 0.29) is 12.5 Å². The summed E-state index contributed by atoms with van der Waals surface area (Å²) in [6.07, 6.45) is 1.29. The molecule has 0 unspecified atom stereocenters. The number of primary amides is 1. The number of urea groups is 1. The van der Waals surface area contributed by atoms with Crippen LogP contribution in [0.25, 0.3) is 0 Å². The molecule has 0 atom stereocenters. The monoisotopic (exact) mass is 292 g/mol. The van der Waals surface area contributed by atoms with Gasteiger partial charge in [0.1, 0.15) is 0 Å². The quantitative estimate of drug-likeness (QED) is 0.390. The number of rotatable bonds is 7. The van der Waals surface area contributed by atoms with Gasteiger partial charge >= 0.3 is 12.0 Å². The molecule has 0 spiro atoms. The van der Waals surface area contributed by atoms with Crippen molar-refractivity contribution >= 4 is 17.7 Å². The summed E-state index contributed by atoms with van der Waals surface area (Å²) >= 11 is 0. The molecule has 5 N–H and O–H groups in total. The summed E-state index contributed by atoms with van der Waals surface area (Å²) < 4.78 is 4.91. The standard InChI is InChI=1S/C14H20N4O3/c1-2-21-13(19)11-6-3-10(4-7-11)5-8-12(9-15)17-18-14(16)20/h3-4,6-7H,2,5,8-9,15H2,1H3,(H3,16,18,20). The van der Waals surface area contributed by atoms with Crippen molar-refractivity contribution in [2.75, 3.05) is 13.2 Å². The number of hydrazone groups is 1. The SMILES string of the molecule is CCOC(=O)c1ccc(CCC(CN)=NNC(N)=O)cc1. The highest BCUT2D eigenvalue weighted by molar-refractivity contribution is 5.89. The third-order valence-electron chi connectivity index (χ3n) is 2.73. The third-order valence-corrected chi connectivity index (χ3v) is 2.73. The van der Waals surface area contributed by atoms with E-state index in [0.29, 0.717) is 30.7 Å². The van der Waals surface area contributed by atoms with Crippen LogP contribution < -0.4 is 16.9 Å². The normalized spacial score (nSPS) is 11.0. The summed E-state index contributed by atoms with van der Waals surface area (Å²) in [5.74, 6) is -0.334. The second-order valence-corrected chi connectivity index (χ2v) is 4.28. The van der Waals surface area contributed by atoms with Gasteiger partial charge in [0.15, 0.2) is 0 Å². The fourth-order valence-electron chi connectivity index (χ4n) is 1.65. The first-order valence-corrected chi connectivity index (χ1v) is 6.63.